The molecule has 4 fully saturated rings. The summed E-state index contributed by atoms with van der Waals surface area (Å²) in [4.78, 5) is 54.1. The van der Waals surface area contributed by atoms with Gasteiger partial charge in [0.15, 0.2) is 6.35 Å². The molecule has 1 aliphatic carbocycles. The number of ether oxygens (including phenoxy) is 2. The number of methoxy groups -OCH3 is 1. The van der Waals surface area contributed by atoms with Crippen molar-refractivity contribution in [3.8, 4) is 5.75 Å². The number of hydrogen-bond acceptors (Lipinski definition) is 8. The van der Waals surface area contributed by atoms with Crippen LogP contribution in [0, 0.1) is 10.8 Å². The highest BCUT2D eigenvalue weighted by Crippen LogP contribution is 2.63. The molecule has 1 aromatic carbocycles. The predicted molar refractivity (Wildman–Crippen MR) is 117 cm³/mol. The fourth-order valence-electron chi connectivity index (χ4n) is 5.89. The van der Waals surface area contributed by atoms with Crippen molar-refractivity contribution in [1.82, 2.24) is 20.4 Å². The number of aliphatic hydroxyl groups excluding tert-OH is 1. The molecule has 0 radical (unpaired) electrons. The second-order valence-corrected chi connectivity index (χ2v) is 9.42. The maximum Gasteiger partial charge on any atom is 0.331 e. The summed E-state index contributed by atoms with van der Waals surface area (Å²) in [6, 6.07) is 5.26. The Bertz CT molecular complexity index is 1110. The summed E-state index contributed by atoms with van der Waals surface area (Å²) in [5.41, 5.74) is -1.60. The van der Waals surface area contributed by atoms with Crippen LogP contribution in [0.4, 0.5) is 4.79 Å². The van der Waals surface area contributed by atoms with Gasteiger partial charge in [-0.05, 0) is 37.6 Å². The van der Waals surface area contributed by atoms with E-state index in [2.05, 4.69) is 10.6 Å². The Hall–Kier alpha value is -3.44. The van der Waals surface area contributed by atoms with Crippen LogP contribution in [-0.2, 0) is 19.1 Å². The number of benzene rings is 1. The van der Waals surface area contributed by atoms with Crippen molar-refractivity contribution in [1.29, 1.82) is 0 Å². The van der Waals surface area contributed by atoms with E-state index in [-0.39, 0.29) is 13.1 Å². The van der Waals surface area contributed by atoms with E-state index in [4.69, 9.17) is 9.47 Å². The third-order valence-corrected chi connectivity index (χ3v) is 7.88. The zero-order chi connectivity index (χ0) is 24.4. The van der Waals surface area contributed by atoms with Crippen molar-refractivity contribution < 1.29 is 33.8 Å². The van der Waals surface area contributed by atoms with Crippen LogP contribution in [0.15, 0.2) is 30.3 Å². The van der Waals surface area contributed by atoms with Gasteiger partial charge in [-0.1, -0.05) is 12.1 Å². The molecule has 3 aliphatic heterocycles. The standard InChI is InChI=1S/C23H26N4O7/c1-22-16-17-23(22,2)19(30)25-21(32)27(17)11-14(10-26(16)20(31)24-18(22)29)34-15(28)9-6-12-4-7-13(33-3)8-5-12/h4-9,14,16-17,20,31H,10-11H2,1-3H3,(H,24,29)(H,25,30,32)/b9-6+. The average Bonchev–Trinajstić information content (AvgIpc) is 2.98. The third kappa shape index (κ3) is 2.90. The Balaban J connectivity index is 1.39. The van der Waals surface area contributed by atoms with Crippen LogP contribution in [0.1, 0.15) is 19.4 Å². The van der Waals surface area contributed by atoms with Crippen LogP contribution in [0.2, 0.25) is 0 Å². The highest BCUT2D eigenvalue weighted by atomic mass is 16.5. The molecule has 1 saturated carbocycles. The van der Waals surface area contributed by atoms with Crippen molar-refractivity contribution in [2.75, 3.05) is 20.2 Å². The van der Waals surface area contributed by atoms with E-state index in [1.165, 1.54) is 11.0 Å². The summed E-state index contributed by atoms with van der Waals surface area (Å²) in [5.74, 6) is -0.911. The zero-order valence-electron chi connectivity index (χ0n) is 19.0. The molecule has 0 spiro atoms. The van der Waals surface area contributed by atoms with E-state index in [0.29, 0.717) is 5.75 Å². The number of carbonyl (C=O) groups is 4. The van der Waals surface area contributed by atoms with E-state index < -0.39 is 59.2 Å². The van der Waals surface area contributed by atoms with E-state index in [1.54, 1.807) is 56.2 Å². The first-order valence-corrected chi connectivity index (χ1v) is 11.0. The molecule has 1 aromatic rings. The topological polar surface area (TPSA) is 138 Å². The van der Waals surface area contributed by atoms with Gasteiger partial charge in [0.1, 0.15) is 11.9 Å². The summed E-state index contributed by atoms with van der Waals surface area (Å²) in [6.45, 7) is 3.42. The van der Waals surface area contributed by atoms with Crippen molar-refractivity contribution in [2.45, 2.75) is 38.4 Å². The summed E-state index contributed by atoms with van der Waals surface area (Å²) < 4.78 is 10.8. The smallest absolute Gasteiger partial charge is 0.331 e. The van der Waals surface area contributed by atoms with Crippen LogP contribution in [-0.4, -0.2) is 83.5 Å². The zero-order valence-corrected chi connectivity index (χ0v) is 19.0. The highest BCUT2D eigenvalue weighted by molar-refractivity contribution is 6.07. The Kier molecular flexibility index (Phi) is 4.96. The fourth-order valence-corrected chi connectivity index (χ4v) is 5.89. The maximum absolute atomic E-state index is 12.9. The molecule has 34 heavy (non-hydrogen) atoms. The van der Waals surface area contributed by atoms with Crippen molar-refractivity contribution >= 4 is 29.9 Å². The Labute approximate surface area is 195 Å². The highest BCUT2D eigenvalue weighted by Gasteiger charge is 2.81. The number of aliphatic hydroxyl groups is 1. The minimum absolute atomic E-state index is 0.0193. The van der Waals surface area contributed by atoms with Crippen LogP contribution < -0.4 is 15.4 Å². The largest absolute Gasteiger partial charge is 0.497 e. The molecule has 5 rings (SSSR count). The Morgan fingerprint density at radius 3 is 2.44 bits per heavy atom. The van der Waals surface area contributed by atoms with Gasteiger partial charge in [0, 0.05) is 12.6 Å². The normalized spacial score (nSPS) is 36.7. The Morgan fingerprint density at radius 2 is 1.76 bits per heavy atom. The fraction of sp³-hybridized carbons (Fsp3) is 0.478. The molecule has 6 atom stereocenters. The summed E-state index contributed by atoms with van der Waals surface area (Å²) in [6.07, 6.45) is 0.754. The van der Waals surface area contributed by atoms with E-state index in [9.17, 15) is 24.3 Å². The SMILES string of the molecule is COc1ccc(/C=C/C(=O)OC2CN3C(=O)NC(=O)C4(C)C3C3N(C2)C(O)NC(=O)C34C)cc1. The van der Waals surface area contributed by atoms with Crippen molar-refractivity contribution in [3.05, 3.63) is 35.9 Å². The monoisotopic (exact) mass is 470 g/mol. The summed E-state index contributed by atoms with van der Waals surface area (Å²) in [5, 5.41) is 15.5. The molecule has 11 nitrogen and oxygen atoms in total. The van der Waals surface area contributed by atoms with Gasteiger partial charge in [-0.15, -0.1) is 0 Å². The van der Waals surface area contributed by atoms with Crippen LogP contribution >= 0.6 is 0 Å². The first-order chi connectivity index (χ1) is 16.1. The number of amides is 4. The lowest BCUT2D eigenvalue weighted by Crippen LogP contribution is -2.91. The van der Waals surface area contributed by atoms with Gasteiger partial charge in [-0.3, -0.25) is 19.8 Å². The Morgan fingerprint density at radius 1 is 1.09 bits per heavy atom. The van der Waals surface area contributed by atoms with Gasteiger partial charge >= 0.3 is 12.0 Å². The van der Waals surface area contributed by atoms with Gasteiger partial charge in [-0.2, -0.15) is 0 Å². The lowest BCUT2D eigenvalue weighted by molar-refractivity contribution is -0.245. The van der Waals surface area contributed by atoms with Crippen LogP contribution in [0.3, 0.4) is 0 Å². The predicted octanol–water partition coefficient (Wildman–Crippen LogP) is -0.343. The number of imide groups is 1. The number of nitrogens with zero attached hydrogens (tertiary/aromatic N) is 2. The lowest BCUT2D eigenvalue weighted by Gasteiger charge is -2.71. The molecule has 6 unspecified atom stereocenters. The minimum atomic E-state index is -1.33. The number of hydrogen-bond donors (Lipinski definition) is 3. The van der Waals surface area contributed by atoms with Crippen molar-refractivity contribution in [3.63, 3.8) is 0 Å². The number of carbonyl (C=O) groups excluding carboxylic acids is 4. The number of fused-ring (bicyclic) bond motifs is 1. The minimum Gasteiger partial charge on any atom is -0.497 e. The molecule has 4 amide bonds. The van der Waals surface area contributed by atoms with Gasteiger partial charge in [0.2, 0.25) is 11.8 Å². The van der Waals surface area contributed by atoms with Gasteiger partial charge in [0.25, 0.3) is 0 Å². The van der Waals surface area contributed by atoms with Gasteiger partial charge in [0.05, 0.1) is 36.6 Å². The summed E-state index contributed by atoms with van der Waals surface area (Å²) >= 11 is 0. The second kappa shape index (κ2) is 7.54. The molecular weight excluding hydrogens is 444 g/mol. The van der Waals surface area contributed by atoms with E-state index >= 15 is 0 Å². The van der Waals surface area contributed by atoms with Crippen LogP contribution in [0.25, 0.3) is 6.08 Å². The number of nitrogens with one attached hydrogen (secondary N) is 2. The molecule has 3 saturated heterocycles. The molecule has 11 heteroatoms. The molecule has 180 valence electrons. The molecular formula is C23H26N4O7. The maximum atomic E-state index is 12.9. The first kappa shape index (κ1) is 22.4. The van der Waals surface area contributed by atoms with E-state index in [0.717, 1.165) is 5.56 Å². The van der Waals surface area contributed by atoms with E-state index in [1.807, 2.05) is 0 Å². The molecule has 0 aromatic heterocycles. The number of rotatable bonds is 4. The van der Waals surface area contributed by atoms with Crippen LogP contribution in [0.5, 0.6) is 5.75 Å². The quantitative estimate of drug-likeness (QED) is 0.401. The lowest BCUT2D eigenvalue weighted by atomic mass is 9.42. The molecule has 0 bridgehead atoms. The van der Waals surface area contributed by atoms with Crippen molar-refractivity contribution in [2.24, 2.45) is 10.8 Å². The molecule has 3 N–H and O–H groups in total. The summed E-state index contributed by atoms with van der Waals surface area (Å²) in [7, 11) is 1.56. The molecule has 3 heterocycles. The third-order valence-electron chi connectivity index (χ3n) is 7.88. The first-order valence-electron chi connectivity index (χ1n) is 11.0. The molecule has 4 aliphatic rings. The van der Waals surface area contributed by atoms with Gasteiger partial charge in [-0.25, -0.2) is 9.59 Å². The average molecular weight is 470 g/mol. The number of urea groups is 1. The van der Waals surface area contributed by atoms with Gasteiger partial charge < -0.3 is 24.8 Å². The second-order valence-electron chi connectivity index (χ2n) is 9.42. The number of esters is 1.